The number of nitrogens with two attached hydrogens (primary N) is 1. The number of methoxy groups -OCH3 is 1. The van der Waals surface area contributed by atoms with E-state index in [1.54, 1.807) is 12.1 Å². The number of esters is 1. The van der Waals surface area contributed by atoms with Gasteiger partial charge in [0.1, 0.15) is 4.90 Å². The number of piperidine rings is 1. The van der Waals surface area contributed by atoms with E-state index in [1.165, 1.54) is 17.5 Å². The molecular weight excluding hydrogens is 360 g/mol. The molecule has 0 saturated carbocycles. The summed E-state index contributed by atoms with van der Waals surface area (Å²) in [7, 11) is -2.29. The van der Waals surface area contributed by atoms with Crippen LogP contribution in [0, 0.1) is 5.92 Å². The van der Waals surface area contributed by atoms with Crippen LogP contribution in [0.25, 0.3) is 0 Å². The number of nitrogen functional groups attached to an aromatic ring is 1. The van der Waals surface area contributed by atoms with Gasteiger partial charge in [0.15, 0.2) is 0 Å². The zero-order valence-corrected chi connectivity index (χ0v) is 14.0. The van der Waals surface area contributed by atoms with Crippen LogP contribution in [-0.4, -0.2) is 38.9 Å². The molecule has 0 aliphatic carbocycles. The molecule has 0 amide bonds. The highest BCUT2D eigenvalue weighted by molar-refractivity contribution is 9.10. The number of rotatable bonds is 3. The Labute approximate surface area is 132 Å². The summed E-state index contributed by atoms with van der Waals surface area (Å²) in [6.45, 7) is 0.579. The third kappa shape index (κ3) is 3.38. The fourth-order valence-electron chi connectivity index (χ4n) is 2.39. The quantitative estimate of drug-likeness (QED) is 0.639. The Hall–Kier alpha value is -1.12. The van der Waals surface area contributed by atoms with Crippen LogP contribution in [0.4, 0.5) is 5.69 Å². The van der Waals surface area contributed by atoms with E-state index < -0.39 is 10.0 Å². The molecule has 1 aromatic rings. The fraction of sp³-hybridized carbons (Fsp3) is 0.462. The van der Waals surface area contributed by atoms with Crippen LogP contribution in [0.2, 0.25) is 0 Å². The summed E-state index contributed by atoms with van der Waals surface area (Å²) in [5, 5.41) is 0. The van der Waals surface area contributed by atoms with E-state index in [0.717, 1.165) is 4.47 Å². The molecule has 1 aliphatic rings. The molecule has 0 unspecified atom stereocenters. The first kappa shape index (κ1) is 16.3. The molecule has 116 valence electrons. The van der Waals surface area contributed by atoms with Crippen LogP contribution in [0.3, 0.4) is 0 Å². The SMILES string of the molecule is COC(=O)C1CCN(S(=O)(=O)c2ccc(Br)cc2N)CC1. The molecule has 1 fully saturated rings. The molecule has 0 atom stereocenters. The zero-order valence-electron chi connectivity index (χ0n) is 11.6. The van der Waals surface area contributed by atoms with Gasteiger partial charge in [-0.2, -0.15) is 4.31 Å². The standard InChI is InChI=1S/C13H17BrN2O4S/c1-20-13(17)9-4-6-16(7-5-9)21(18,19)12-3-2-10(14)8-11(12)15/h2-3,8-9H,4-7,15H2,1H3. The molecule has 1 saturated heterocycles. The van der Waals surface area contributed by atoms with Crippen LogP contribution in [0.1, 0.15) is 12.8 Å². The topological polar surface area (TPSA) is 89.7 Å². The lowest BCUT2D eigenvalue weighted by atomic mass is 9.99. The summed E-state index contributed by atoms with van der Waals surface area (Å²) < 4.78 is 31.9. The van der Waals surface area contributed by atoms with E-state index in [0.29, 0.717) is 12.8 Å². The summed E-state index contributed by atoms with van der Waals surface area (Å²) in [6.07, 6.45) is 0.921. The van der Waals surface area contributed by atoms with Crippen molar-refractivity contribution in [1.29, 1.82) is 0 Å². The first-order chi connectivity index (χ1) is 9.86. The molecule has 2 N–H and O–H groups in total. The molecule has 2 rings (SSSR count). The lowest BCUT2D eigenvalue weighted by Gasteiger charge is -2.30. The Morgan fingerprint density at radius 3 is 2.52 bits per heavy atom. The largest absolute Gasteiger partial charge is 0.469 e. The van der Waals surface area contributed by atoms with Gasteiger partial charge in [-0.25, -0.2) is 8.42 Å². The molecule has 1 heterocycles. The normalized spacial score (nSPS) is 17.6. The first-order valence-corrected chi connectivity index (χ1v) is 8.72. The minimum absolute atomic E-state index is 0.0993. The van der Waals surface area contributed by atoms with E-state index in [4.69, 9.17) is 10.5 Å². The predicted octanol–water partition coefficient (Wildman–Crippen LogP) is 1.60. The second-order valence-corrected chi connectivity index (χ2v) is 7.71. The molecule has 8 heteroatoms. The minimum atomic E-state index is -3.63. The summed E-state index contributed by atoms with van der Waals surface area (Å²) in [5.74, 6) is -0.515. The fourth-order valence-corrected chi connectivity index (χ4v) is 4.34. The Balaban J connectivity index is 2.17. The van der Waals surface area contributed by atoms with Crippen molar-refractivity contribution in [3.8, 4) is 0 Å². The lowest BCUT2D eigenvalue weighted by molar-refractivity contribution is -0.146. The maximum absolute atomic E-state index is 12.6. The average molecular weight is 377 g/mol. The predicted molar refractivity (Wildman–Crippen MR) is 82.1 cm³/mol. The molecule has 0 aromatic heterocycles. The number of hydrogen-bond acceptors (Lipinski definition) is 5. The van der Waals surface area contributed by atoms with Crippen molar-refractivity contribution in [3.63, 3.8) is 0 Å². The van der Waals surface area contributed by atoms with Crippen LogP contribution in [0.15, 0.2) is 27.6 Å². The van der Waals surface area contributed by atoms with Gasteiger partial charge >= 0.3 is 5.97 Å². The van der Waals surface area contributed by atoms with E-state index in [9.17, 15) is 13.2 Å². The molecule has 0 radical (unpaired) electrons. The first-order valence-electron chi connectivity index (χ1n) is 6.49. The van der Waals surface area contributed by atoms with Crippen molar-refractivity contribution < 1.29 is 17.9 Å². The van der Waals surface area contributed by atoms with Crippen LogP contribution < -0.4 is 5.73 Å². The highest BCUT2D eigenvalue weighted by Crippen LogP contribution is 2.29. The van der Waals surface area contributed by atoms with Crippen molar-refractivity contribution in [2.24, 2.45) is 5.92 Å². The number of carbonyl (C=O) groups is 1. The Kier molecular flexibility index (Phi) is 4.90. The maximum atomic E-state index is 12.6. The number of halogens is 1. The molecule has 1 aromatic carbocycles. The highest BCUT2D eigenvalue weighted by atomic mass is 79.9. The third-order valence-electron chi connectivity index (χ3n) is 3.58. The number of carbonyl (C=O) groups excluding carboxylic acids is 1. The van der Waals surface area contributed by atoms with Gasteiger partial charge in [-0.1, -0.05) is 15.9 Å². The maximum Gasteiger partial charge on any atom is 0.308 e. The van der Waals surface area contributed by atoms with Crippen LogP contribution in [-0.2, 0) is 19.6 Å². The Bertz CT molecular complexity index is 640. The minimum Gasteiger partial charge on any atom is -0.469 e. The number of sulfonamides is 1. The van der Waals surface area contributed by atoms with Gasteiger partial charge in [0.2, 0.25) is 10.0 Å². The van der Waals surface area contributed by atoms with Crippen LogP contribution >= 0.6 is 15.9 Å². The Morgan fingerprint density at radius 2 is 2.00 bits per heavy atom. The highest BCUT2D eigenvalue weighted by Gasteiger charge is 2.33. The molecule has 21 heavy (non-hydrogen) atoms. The molecule has 1 aliphatic heterocycles. The average Bonchev–Trinajstić information content (AvgIpc) is 2.46. The Morgan fingerprint density at radius 1 is 1.38 bits per heavy atom. The number of benzene rings is 1. The molecule has 0 bridgehead atoms. The van der Waals surface area contributed by atoms with E-state index >= 15 is 0 Å². The second kappa shape index (κ2) is 6.33. The number of anilines is 1. The zero-order chi connectivity index (χ0) is 15.6. The van der Waals surface area contributed by atoms with Gasteiger partial charge in [0, 0.05) is 17.6 Å². The van der Waals surface area contributed by atoms with Gasteiger partial charge in [-0.3, -0.25) is 4.79 Å². The summed E-state index contributed by atoms with van der Waals surface area (Å²) in [5.41, 5.74) is 6.01. The molecular formula is C13H17BrN2O4S. The number of nitrogens with zero attached hydrogens (tertiary/aromatic N) is 1. The molecule has 6 nitrogen and oxygen atoms in total. The number of ether oxygens (including phenoxy) is 1. The van der Waals surface area contributed by atoms with Gasteiger partial charge in [0.25, 0.3) is 0 Å². The summed E-state index contributed by atoms with van der Waals surface area (Å²) >= 11 is 3.25. The van der Waals surface area contributed by atoms with Crippen LogP contribution in [0.5, 0.6) is 0 Å². The van der Waals surface area contributed by atoms with E-state index in [2.05, 4.69) is 15.9 Å². The van der Waals surface area contributed by atoms with Gasteiger partial charge in [-0.05, 0) is 31.0 Å². The monoisotopic (exact) mass is 376 g/mol. The van der Waals surface area contributed by atoms with Crippen molar-refractivity contribution in [3.05, 3.63) is 22.7 Å². The third-order valence-corrected chi connectivity index (χ3v) is 6.04. The lowest BCUT2D eigenvalue weighted by Crippen LogP contribution is -2.40. The van der Waals surface area contributed by atoms with Crippen molar-refractivity contribution in [2.45, 2.75) is 17.7 Å². The van der Waals surface area contributed by atoms with Gasteiger partial charge in [-0.15, -0.1) is 0 Å². The van der Waals surface area contributed by atoms with Gasteiger partial charge < -0.3 is 10.5 Å². The van der Waals surface area contributed by atoms with Gasteiger partial charge in [0.05, 0.1) is 18.7 Å². The van der Waals surface area contributed by atoms with Crippen molar-refractivity contribution in [1.82, 2.24) is 4.31 Å². The summed E-state index contributed by atoms with van der Waals surface area (Å²) in [6, 6.07) is 4.69. The smallest absolute Gasteiger partial charge is 0.308 e. The molecule has 0 spiro atoms. The summed E-state index contributed by atoms with van der Waals surface area (Å²) in [4.78, 5) is 11.6. The van der Waals surface area contributed by atoms with E-state index in [-0.39, 0.29) is 35.6 Å². The number of hydrogen-bond donors (Lipinski definition) is 1. The van der Waals surface area contributed by atoms with E-state index in [1.807, 2.05) is 0 Å². The van der Waals surface area contributed by atoms with Crippen molar-refractivity contribution in [2.75, 3.05) is 25.9 Å². The van der Waals surface area contributed by atoms with Crippen molar-refractivity contribution >= 4 is 37.6 Å². The second-order valence-electron chi connectivity index (χ2n) is 4.88.